The third-order valence-electron chi connectivity index (χ3n) is 5.38. The van der Waals surface area contributed by atoms with E-state index in [2.05, 4.69) is 25.7 Å². The molecule has 0 spiro atoms. The second-order valence-electron chi connectivity index (χ2n) is 8.75. The fourth-order valence-electron chi connectivity index (χ4n) is 3.94. The van der Waals surface area contributed by atoms with Crippen molar-refractivity contribution in [3.63, 3.8) is 0 Å². The van der Waals surface area contributed by atoms with Crippen LogP contribution in [0.5, 0.6) is 0 Å². The largest absolute Gasteiger partial charge is 0.343 e. The maximum absolute atomic E-state index is 12.3. The standard InChI is InChI=1S/C19H34N2O2/c1-15(22)20-9-5-16(6-10-20)13-17-7-11-21(12-8-17)18(23)14-19(2,3)4/h16-17H,5-14H2,1-4H3. The van der Waals surface area contributed by atoms with Crippen molar-refractivity contribution < 1.29 is 9.59 Å². The lowest BCUT2D eigenvalue weighted by Crippen LogP contribution is -2.41. The van der Waals surface area contributed by atoms with Gasteiger partial charge < -0.3 is 9.80 Å². The SMILES string of the molecule is CC(=O)N1CCC(CC2CCN(C(=O)CC(C)(C)C)CC2)CC1. The van der Waals surface area contributed by atoms with Gasteiger partial charge in [0.05, 0.1) is 0 Å². The van der Waals surface area contributed by atoms with Crippen LogP contribution in [0.3, 0.4) is 0 Å². The van der Waals surface area contributed by atoms with Gasteiger partial charge in [0.1, 0.15) is 0 Å². The Labute approximate surface area is 141 Å². The molecule has 2 amide bonds. The summed E-state index contributed by atoms with van der Waals surface area (Å²) < 4.78 is 0. The predicted molar refractivity (Wildman–Crippen MR) is 93.0 cm³/mol. The van der Waals surface area contributed by atoms with E-state index in [1.807, 2.05) is 4.90 Å². The zero-order valence-electron chi connectivity index (χ0n) is 15.4. The van der Waals surface area contributed by atoms with Crippen molar-refractivity contribution in [3.05, 3.63) is 0 Å². The van der Waals surface area contributed by atoms with Gasteiger partial charge in [-0.15, -0.1) is 0 Å². The van der Waals surface area contributed by atoms with Gasteiger partial charge in [-0.25, -0.2) is 0 Å². The molecule has 0 radical (unpaired) electrons. The number of hydrogen-bond acceptors (Lipinski definition) is 2. The molecule has 0 unspecified atom stereocenters. The number of nitrogens with zero attached hydrogens (tertiary/aromatic N) is 2. The average molecular weight is 322 g/mol. The number of likely N-dealkylation sites (tertiary alicyclic amines) is 2. The summed E-state index contributed by atoms with van der Waals surface area (Å²) in [6, 6.07) is 0. The van der Waals surface area contributed by atoms with Crippen LogP contribution in [0.15, 0.2) is 0 Å². The maximum Gasteiger partial charge on any atom is 0.223 e. The van der Waals surface area contributed by atoms with Crippen LogP contribution < -0.4 is 0 Å². The lowest BCUT2D eigenvalue weighted by Gasteiger charge is -2.37. The summed E-state index contributed by atoms with van der Waals surface area (Å²) in [6.45, 7) is 11.8. The summed E-state index contributed by atoms with van der Waals surface area (Å²) in [4.78, 5) is 27.7. The van der Waals surface area contributed by atoms with E-state index < -0.39 is 0 Å². The molecule has 0 aromatic heterocycles. The van der Waals surface area contributed by atoms with Crippen LogP contribution in [0.4, 0.5) is 0 Å². The third kappa shape index (κ3) is 5.82. The molecule has 132 valence electrons. The van der Waals surface area contributed by atoms with Crippen LogP contribution in [-0.2, 0) is 9.59 Å². The molecule has 2 fully saturated rings. The van der Waals surface area contributed by atoms with Crippen LogP contribution in [-0.4, -0.2) is 47.8 Å². The van der Waals surface area contributed by atoms with E-state index in [0.717, 1.165) is 63.7 Å². The number of carbonyl (C=O) groups excluding carboxylic acids is 2. The Bertz CT molecular complexity index is 412. The molecule has 2 saturated heterocycles. The van der Waals surface area contributed by atoms with Crippen molar-refractivity contribution in [2.45, 2.75) is 66.2 Å². The quantitative estimate of drug-likeness (QED) is 0.800. The molecule has 0 aromatic carbocycles. The van der Waals surface area contributed by atoms with Gasteiger partial charge in [0.2, 0.25) is 11.8 Å². The summed E-state index contributed by atoms with van der Waals surface area (Å²) >= 11 is 0. The van der Waals surface area contributed by atoms with Crippen molar-refractivity contribution in [2.24, 2.45) is 17.3 Å². The Kier molecular flexibility index (Phi) is 6.10. The minimum Gasteiger partial charge on any atom is -0.343 e. The third-order valence-corrected chi connectivity index (χ3v) is 5.38. The Morgan fingerprint density at radius 1 is 0.870 bits per heavy atom. The first-order chi connectivity index (χ1) is 10.7. The van der Waals surface area contributed by atoms with Crippen LogP contribution in [0.2, 0.25) is 0 Å². The highest BCUT2D eigenvalue weighted by Crippen LogP contribution is 2.30. The highest BCUT2D eigenvalue weighted by atomic mass is 16.2. The van der Waals surface area contributed by atoms with Crippen molar-refractivity contribution in [1.29, 1.82) is 0 Å². The van der Waals surface area contributed by atoms with Gasteiger partial charge in [-0.2, -0.15) is 0 Å². The van der Waals surface area contributed by atoms with E-state index in [1.54, 1.807) is 6.92 Å². The molecule has 23 heavy (non-hydrogen) atoms. The van der Waals surface area contributed by atoms with Crippen molar-refractivity contribution >= 4 is 11.8 Å². The molecule has 0 aliphatic carbocycles. The zero-order valence-corrected chi connectivity index (χ0v) is 15.4. The van der Waals surface area contributed by atoms with Gasteiger partial charge in [-0.1, -0.05) is 20.8 Å². The van der Waals surface area contributed by atoms with Crippen LogP contribution in [0.1, 0.15) is 66.2 Å². The molecule has 0 atom stereocenters. The molecule has 2 rings (SSSR count). The second kappa shape index (κ2) is 7.67. The average Bonchev–Trinajstić information content (AvgIpc) is 2.46. The number of rotatable bonds is 3. The van der Waals surface area contributed by atoms with E-state index in [0.29, 0.717) is 12.3 Å². The molecule has 0 aromatic rings. The van der Waals surface area contributed by atoms with Crippen LogP contribution >= 0.6 is 0 Å². The molecule has 2 heterocycles. The topological polar surface area (TPSA) is 40.6 Å². The van der Waals surface area contributed by atoms with E-state index in [1.165, 1.54) is 6.42 Å². The summed E-state index contributed by atoms with van der Waals surface area (Å²) in [5, 5.41) is 0. The lowest BCUT2D eigenvalue weighted by atomic mass is 9.82. The van der Waals surface area contributed by atoms with Gasteiger partial charge in [0.15, 0.2) is 0 Å². The fourth-order valence-corrected chi connectivity index (χ4v) is 3.94. The van der Waals surface area contributed by atoms with E-state index in [-0.39, 0.29) is 11.3 Å². The summed E-state index contributed by atoms with van der Waals surface area (Å²) in [5.41, 5.74) is 0.0820. The van der Waals surface area contributed by atoms with Gasteiger partial charge >= 0.3 is 0 Å². The first-order valence-corrected chi connectivity index (χ1v) is 9.28. The second-order valence-corrected chi connectivity index (χ2v) is 8.75. The molecule has 2 aliphatic rings. The maximum atomic E-state index is 12.3. The molecule has 4 heteroatoms. The Balaban J connectivity index is 1.69. The van der Waals surface area contributed by atoms with Crippen molar-refractivity contribution in [2.75, 3.05) is 26.2 Å². The minimum absolute atomic E-state index is 0.0820. The smallest absolute Gasteiger partial charge is 0.223 e. The van der Waals surface area contributed by atoms with Crippen LogP contribution in [0, 0.1) is 17.3 Å². The molecule has 0 N–H and O–H groups in total. The zero-order chi connectivity index (χ0) is 17.0. The van der Waals surface area contributed by atoms with E-state index >= 15 is 0 Å². The predicted octanol–water partition coefficient (Wildman–Crippen LogP) is 3.31. The molecule has 0 bridgehead atoms. The summed E-state index contributed by atoms with van der Waals surface area (Å²) in [6.07, 6.45) is 6.56. The Hall–Kier alpha value is -1.06. The van der Waals surface area contributed by atoms with Crippen molar-refractivity contribution in [3.8, 4) is 0 Å². The first-order valence-electron chi connectivity index (χ1n) is 9.28. The van der Waals surface area contributed by atoms with Gasteiger partial charge in [-0.3, -0.25) is 9.59 Å². The van der Waals surface area contributed by atoms with Gasteiger partial charge in [0.25, 0.3) is 0 Å². The molecular formula is C19H34N2O2. The Morgan fingerprint density at radius 3 is 1.70 bits per heavy atom. The Morgan fingerprint density at radius 2 is 1.30 bits per heavy atom. The molecule has 2 aliphatic heterocycles. The highest BCUT2D eigenvalue weighted by molar-refractivity contribution is 5.76. The highest BCUT2D eigenvalue weighted by Gasteiger charge is 2.28. The number of piperidine rings is 2. The summed E-state index contributed by atoms with van der Waals surface area (Å²) in [5.74, 6) is 2.08. The first kappa shape index (κ1) is 18.3. The van der Waals surface area contributed by atoms with Gasteiger partial charge in [0, 0.05) is 39.5 Å². The van der Waals surface area contributed by atoms with E-state index in [4.69, 9.17) is 0 Å². The molecule has 0 saturated carbocycles. The monoisotopic (exact) mass is 322 g/mol. The fraction of sp³-hybridized carbons (Fsp3) is 0.895. The van der Waals surface area contributed by atoms with E-state index in [9.17, 15) is 9.59 Å². The number of amides is 2. The molecular weight excluding hydrogens is 288 g/mol. The number of hydrogen-bond donors (Lipinski definition) is 0. The lowest BCUT2D eigenvalue weighted by molar-refractivity contribution is -0.134. The van der Waals surface area contributed by atoms with Gasteiger partial charge in [-0.05, 0) is 49.4 Å². The van der Waals surface area contributed by atoms with Crippen LogP contribution in [0.25, 0.3) is 0 Å². The normalized spacial score (nSPS) is 21.6. The van der Waals surface area contributed by atoms with Crippen molar-refractivity contribution in [1.82, 2.24) is 9.80 Å². The molecule has 4 nitrogen and oxygen atoms in total. The minimum atomic E-state index is 0.0820. The summed E-state index contributed by atoms with van der Waals surface area (Å²) in [7, 11) is 0. The number of carbonyl (C=O) groups is 2.